The second kappa shape index (κ2) is 5.35. The molecule has 0 saturated heterocycles. The third-order valence-electron chi connectivity index (χ3n) is 2.17. The van der Waals surface area contributed by atoms with Gasteiger partial charge in [-0.15, -0.1) is 0 Å². The minimum atomic E-state index is -0.909. The normalized spacial score (nSPS) is 9.69. The third kappa shape index (κ3) is 3.42. The second-order valence-corrected chi connectivity index (χ2v) is 3.87. The molecule has 0 saturated carbocycles. The van der Waals surface area contributed by atoms with Gasteiger partial charge in [0.2, 0.25) is 0 Å². The van der Waals surface area contributed by atoms with Gasteiger partial charge in [-0.05, 0) is 50.6 Å². The van der Waals surface area contributed by atoms with E-state index in [9.17, 15) is 4.79 Å². The molecule has 3 nitrogen and oxygen atoms in total. The molecule has 0 aliphatic carbocycles. The van der Waals surface area contributed by atoms with Crippen LogP contribution < -0.4 is 4.74 Å². The van der Waals surface area contributed by atoms with Crippen LogP contribution in [-0.4, -0.2) is 17.7 Å². The zero-order chi connectivity index (χ0) is 12.1. The molecule has 0 radical (unpaired) electrons. The number of hydrogen-bond acceptors (Lipinski definition) is 2. The van der Waals surface area contributed by atoms with Gasteiger partial charge < -0.3 is 9.84 Å². The Balaban J connectivity index is 2.74. The standard InChI is InChI=1S/C13H16O3/c1-9(2)6-7-16-11-4-5-12(13(14)15)10(3)8-11/h4-6,8H,7H2,1-3H3,(H,14,15). The lowest BCUT2D eigenvalue weighted by molar-refractivity contribution is 0.0696. The number of allylic oxidation sites excluding steroid dienone is 1. The summed E-state index contributed by atoms with van der Waals surface area (Å²) in [5.41, 5.74) is 2.22. The molecule has 0 fully saturated rings. The average molecular weight is 220 g/mol. The maximum Gasteiger partial charge on any atom is 0.335 e. The van der Waals surface area contributed by atoms with Crippen LogP contribution in [0.25, 0.3) is 0 Å². The molecule has 1 aromatic carbocycles. The van der Waals surface area contributed by atoms with Gasteiger partial charge in [0.15, 0.2) is 0 Å². The van der Waals surface area contributed by atoms with Gasteiger partial charge in [-0.2, -0.15) is 0 Å². The van der Waals surface area contributed by atoms with E-state index in [1.807, 2.05) is 19.9 Å². The summed E-state index contributed by atoms with van der Waals surface area (Å²) in [5.74, 6) is -0.214. The van der Waals surface area contributed by atoms with Gasteiger partial charge >= 0.3 is 5.97 Å². The highest BCUT2D eigenvalue weighted by molar-refractivity contribution is 5.89. The maximum atomic E-state index is 10.8. The first-order valence-corrected chi connectivity index (χ1v) is 5.11. The van der Waals surface area contributed by atoms with E-state index in [0.29, 0.717) is 23.5 Å². The zero-order valence-corrected chi connectivity index (χ0v) is 9.78. The van der Waals surface area contributed by atoms with E-state index in [0.717, 1.165) is 0 Å². The van der Waals surface area contributed by atoms with Crippen LogP contribution in [0, 0.1) is 6.92 Å². The van der Waals surface area contributed by atoms with Crippen molar-refractivity contribution in [3.8, 4) is 5.75 Å². The van der Waals surface area contributed by atoms with Crippen LogP contribution in [0.2, 0.25) is 0 Å². The summed E-state index contributed by atoms with van der Waals surface area (Å²) in [6.07, 6.45) is 1.97. The SMILES string of the molecule is CC(C)=CCOc1ccc(C(=O)O)c(C)c1. The molecular weight excluding hydrogens is 204 g/mol. The predicted octanol–water partition coefficient (Wildman–Crippen LogP) is 3.04. The van der Waals surface area contributed by atoms with Gasteiger partial charge in [0.05, 0.1) is 5.56 Å². The van der Waals surface area contributed by atoms with Crippen molar-refractivity contribution >= 4 is 5.97 Å². The fourth-order valence-corrected chi connectivity index (χ4v) is 1.27. The van der Waals surface area contributed by atoms with Gasteiger partial charge in [-0.1, -0.05) is 5.57 Å². The summed E-state index contributed by atoms with van der Waals surface area (Å²) in [5, 5.41) is 8.86. The highest BCUT2D eigenvalue weighted by Crippen LogP contribution is 2.17. The maximum absolute atomic E-state index is 10.8. The van der Waals surface area contributed by atoms with Gasteiger partial charge in [0.25, 0.3) is 0 Å². The Kier molecular flexibility index (Phi) is 4.11. The van der Waals surface area contributed by atoms with Crippen molar-refractivity contribution in [2.75, 3.05) is 6.61 Å². The zero-order valence-electron chi connectivity index (χ0n) is 9.78. The highest BCUT2D eigenvalue weighted by atomic mass is 16.5. The van der Waals surface area contributed by atoms with E-state index in [1.165, 1.54) is 5.57 Å². The number of carboxylic acids is 1. The van der Waals surface area contributed by atoms with Gasteiger partial charge in [-0.3, -0.25) is 0 Å². The van der Waals surface area contributed by atoms with Crippen LogP contribution in [0.1, 0.15) is 29.8 Å². The second-order valence-electron chi connectivity index (χ2n) is 3.87. The van der Waals surface area contributed by atoms with Crippen molar-refractivity contribution in [2.45, 2.75) is 20.8 Å². The Morgan fingerprint density at radius 3 is 2.62 bits per heavy atom. The van der Waals surface area contributed by atoms with Crippen LogP contribution in [0.15, 0.2) is 29.8 Å². The molecule has 86 valence electrons. The van der Waals surface area contributed by atoms with E-state index in [1.54, 1.807) is 25.1 Å². The van der Waals surface area contributed by atoms with Crippen molar-refractivity contribution in [3.05, 3.63) is 41.0 Å². The summed E-state index contributed by atoms with van der Waals surface area (Å²) >= 11 is 0. The number of aryl methyl sites for hydroxylation is 1. The van der Waals surface area contributed by atoms with Crippen molar-refractivity contribution in [1.29, 1.82) is 0 Å². The highest BCUT2D eigenvalue weighted by Gasteiger charge is 2.07. The van der Waals surface area contributed by atoms with Crippen molar-refractivity contribution in [3.63, 3.8) is 0 Å². The molecule has 0 heterocycles. The van der Waals surface area contributed by atoms with Crippen molar-refractivity contribution in [1.82, 2.24) is 0 Å². The fraction of sp³-hybridized carbons (Fsp3) is 0.308. The largest absolute Gasteiger partial charge is 0.490 e. The molecule has 0 aliphatic rings. The number of carbonyl (C=O) groups is 1. The number of rotatable bonds is 4. The molecule has 0 atom stereocenters. The average Bonchev–Trinajstić information content (AvgIpc) is 2.16. The first kappa shape index (κ1) is 12.3. The van der Waals surface area contributed by atoms with E-state index >= 15 is 0 Å². The molecule has 16 heavy (non-hydrogen) atoms. The van der Waals surface area contributed by atoms with E-state index in [2.05, 4.69) is 0 Å². The lowest BCUT2D eigenvalue weighted by atomic mass is 10.1. The molecule has 1 aromatic rings. The third-order valence-corrected chi connectivity index (χ3v) is 2.17. The minimum Gasteiger partial charge on any atom is -0.490 e. The van der Waals surface area contributed by atoms with E-state index < -0.39 is 5.97 Å². The fourth-order valence-electron chi connectivity index (χ4n) is 1.27. The summed E-state index contributed by atoms with van der Waals surface area (Å²) in [6, 6.07) is 4.98. The summed E-state index contributed by atoms with van der Waals surface area (Å²) in [6.45, 7) is 6.27. The smallest absolute Gasteiger partial charge is 0.335 e. The van der Waals surface area contributed by atoms with E-state index in [4.69, 9.17) is 9.84 Å². The molecule has 1 N–H and O–H groups in total. The van der Waals surface area contributed by atoms with Crippen LogP contribution in [0.5, 0.6) is 5.75 Å². The lowest BCUT2D eigenvalue weighted by Gasteiger charge is -2.06. The van der Waals surface area contributed by atoms with Gasteiger partial charge in [0, 0.05) is 0 Å². The topological polar surface area (TPSA) is 46.5 Å². The molecule has 0 spiro atoms. The monoisotopic (exact) mass is 220 g/mol. The predicted molar refractivity (Wildman–Crippen MR) is 63.1 cm³/mol. The Hall–Kier alpha value is -1.77. The summed E-state index contributed by atoms with van der Waals surface area (Å²) in [7, 11) is 0. The molecule has 0 aromatic heterocycles. The van der Waals surface area contributed by atoms with Crippen molar-refractivity contribution in [2.24, 2.45) is 0 Å². The summed E-state index contributed by atoms with van der Waals surface area (Å²) in [4.78, 5) is 10.8. The van der Waals surface area contributed by atoms with Gasteiger partial charge in [0.1, 0.15) is 12.4 Å². The first-order chi connectivity index (χ1) is 7.50. The minimum absolute atomic E-state index is 0.314. The number of carboxylic acid groups (broad SMARTS) is 1. The Bertz CT molecular complexity index is 415. The molecule has 0 amide bonds. The molecule has 0 unspecified atom stereocenters. The number of hydrogen-bond donors (Lipinski definition) is 1. The van der Waals surface area contributed by atoms with Crippen LogP contribution in [0.4, 0.5) is 0 Å². The molecule has 1 rings (SSSR count). The Labute approximate surface area is 95.4 Å². The Morgan fingerprint density at radius 1 is 1.44 bits per heavy atom. The number of benzene rings is 1. The quantitative estimate of drug-likeness (QED) is 0.793. The number of aromatic carboxylic acids is 1. The van der Waals surface area contributed by atoms with Crippen LogP contribution in [0.3, 0.4) is 0 Å². The van der Waals surface area contributed by atoms with Crippen molar-refractivity contribution < 1.29 is 14.6 Å². The van der Waals surface area contributed by atoms with Gasteiger partial charge in [-0.25, -0.2) is 4.79 Å². The Morgan fingerprint density at radius 2 is 2.12 bits per heavy atom. The van der Waals surface area contributed by atoms with Crippen LogP contribution >= 0.6 is 0 Å². The molecule has 3 heteroatoms. The first-order valence-electron chi connectivity index (χ1n) is 5.11. The molecular formula is C13H16O3. The van der Waals surface area contributed by atoms with Crippen LogP contribution in [-0.2, 0) is 0 Å². The molecule has 0 bridgehead atoms. The summed E-state index contributed by atoms with van der Waals surface area (Å²) < 4.78 is 5.46. The molecule has 0 aliphatic heterocycles. The van der Waals surface area contributed by atoms with E-state index in [-0.39, 0.29) is 0 Å². The lowest BCUT2D eigenvalue weighted by Crippen LogP contribution is -2.01. The number of ether oxygens (including phenoxy) is 1.